The van der Waals surface area contributed by atoms with Gasteiger partial charge in [0, 0.05) is 18.1 Å². The van der Waals surface area contributed by atoms with Crippen molar-refractivity contribution in [1.29, 1.82) is 0 Å². The molecule has 3 N–H and O–H groups in total. The van der Waals surface area contributed by atoms with E-state index >= 15 is 0 Å². The van der Waals surface area contributed by atoms with Crippen molar-refractivity contribution >= 4 is 23.5 Å². The first-order valence-electron chi connectivity index (χ1n) is 5.57. The van der Waals surface area contributed by atoms with E-state index in [4.69, 9.17) is 16.3 Å². The van der Waals surface area contributed by atoms with Gasteiger partial charge in [0.05, 0.1) is 12.2 Å². The SMILES string of the molecule is O=C(NC1(C(=O)O)CCOC1)c1ccc(Cl)cc1O. The van der Waals surface area contributed by atoms with Crippen LogP contribution < -0.4 is 5.32 Å². The lowest BCUT2D eigenvalue weighted by atomic mass is 9.98. The van der Waals surface area contributed by atoms with Crippen molar-refractivity contribution in [2.45, 2.75) is 12.0 Å². The molecule has 1 aromatic carbocycles. The van der Waals surface area contributed by atoms with Crippen LogP contribution >= 0.6 is 11.6 Å². The second kappa shape index (κ2) is 5.07. The number of nitrogens with one attached hydrogen (secondary N) is 1. The fraction of sp³-hybridized carbons (Fsp3) is 0.333. The lowest BCUT2D eigenvalue weighted by molar-refractivity contribution is -0.144. The van der Waals surface area contributed by atoms with Crippen LogP contribution in [-0.2, 0) is 9.53 Å². The van der Waals surface area contributed by atoms with Gasteiger partial charge < -0.3 is 20.3 Å². The molecule has 1 aliphatic rings. The Kier molecular flexibility index (Phi) is 3.64. The zero-order valence-corrected chi connectivity index (χ0v) is 10.6. The Labute approximate surface area is 113 Å². The van der Waals surface area contributed by atoms with E-state index in [0.29, 0.717) is 0 Å². The molecular weight excluding hydrogens is 274 g/mol. The zero-order chi connectivity index (χ0) is 14.0. The fourth-order valence-corrected chi connectivity index (χ4v) is 2.03. The van der Waals surface area contributed by atoms with Crippen molar-refractivity contribution in [3.63, 3.8) is 0 Å². The zero-order valence-electron chi connectivity index (χ0n) is 9.85. The number of hydrogen-bond acceptors (Lipinski definition) is 4. The van der Waals surface area contributed by atoms with Crippen molar-refractivity contribution in [2.24, 2.45) is 0 Å². The van der Waals surface area contributed by atoms with E-state index in [9.17, 15) is 19.8 Å². The molecule has 7 heteroatoms. The first-order chi connectivity index (χ1) is 8.94. The van der Waals surface area contributed by atoms with E-state index in [1.807, 2.05) is 0 Å². The van der Waals surface area contributed by atoms with Gasteiger partial charge in [-0.05, 0) is 18.2 Å². The summed E-state index contributed by atoms with van der Waals surface area (Å²) in [6.07, 6.45) is 0.183. The van der Waals surface area contributed by atoms with Crippen LogP contribution in [0.4, 0.5) is 0 Å². The average molecular weight is 286 g/mol. The van der Waals surface area contributed by atoms with Crippen molar-refractivity contribution in [3.8, 4) is 5.75 Å². The Morgan fingerprint density at radius 2 is 2.16 bits per heavy atom. The molecule has 0 radical (unpaired) electrons. The number of aromatic hydroxyl groups is 1. The highest BCUT2D eigenvalue weighted by atomic mass is 35.5. The predicted molar refractivity (Wildman–Crippen MR) is 66.4 cm³/mol. The Morgan fingerprint density at radius 3 is 2.68 bits per heavy atom. The van der Waals surface area contributed by atoms with E-state index < -0.39 is 17.4 Å². The minimum absolute atomic E-state index is 0.0306. The molecule has 1 aromatic rings. The van der Waals surface area contributed by atoms with Crippen LogP contribution in [0.15, 0.2) is 18.2 Å². The summed E-state index contributed by atoms with van der Waals surface area (Å²) < 4.78 is 5.03. The number of benzene rings is 1. The number of phenolic OH excluding ortho intramolecular Hbond substituents is 1. The van der Waals surface area contributed by atoms with Crippen molar-refractivity contribution in [2.75, 3.05) is 13.2 Å². The highest BCUT2D eigenvalue weighted by Gasteiger charge is 2.44. The number of carbonyl (C=O) groups excluding carboxylic acids is 1. The molecule has 1 saturated heterocycles. The molecule has 0 spiro atoms. The summed E-state index contributed by atoms with van der Waals surface area (Å²) in [6.45, 7) is 0.168. The lowest BCUT2D eigenvalue weighted by Crippen LogP contribution is -2.55. The highest BCUT2D eigenvalue weighted by Crippen LogP contribution is 2.24. The number of hydrogen-bond donors (Lipinski definition) is 3. The molecular formula is C12H12ClNO5. The van der Waals surface area contributed by atoms with Gasteiger partial charge in [-0.3, -0.25) is 4.79 Å². The van der Waals surface area contributed by atoms with Gasteiger partial charge in [-0.1, -0.05) is 11.6 Å². The highest BCUT2D eigenvalue weighted by molar-refractivity contribution is 6.30. The van der Waals surface area contributed by atoms with Gasteiger partial charge >= 0.3 is 5.97 Å². The second-order valence-electron chi connectivity index (χ2n) is 4.31. The van der Waals surface area contributed by atoms with Crippen LogP contribution in [0, 0.1) is 0 Å². The quantitative estimate of drug-likeness (QED) is 0.770. The Hall–Kier alpha value is -1.79. The van der Waals surface area contributed by atoms with Gasteiger partial charge in [0.2, 0.25) is 0 Å². The van der Waals surface area contributed by atoms with E-state index in [0.717, 1.165) is 0 Å². The molecule has 0 aromatic heterocycles. The first kappa shape index (κ1) is 13.6. The molecule has 1 heterocycles. The molecule has 1 atom stereocenters. The smallest absolute Gasteiger partial charge is 0.331 e. The summed E-state index contributed by atoms with van der Waals surface area (Å²) >= 11 is 5.66. The normalized spacial score (nSPS) is 22.2. The van der Waals surface area contributed by atoms with Crippen LogP contribution in [0.25, 0.3) is 0 Å². The number of amides is 1. The third kappa shape index (κ3) is 2.64. The number of halogens is 1. The van der Waals surface area contributed by atoms with Gasteiger partial charge in [0.25, 0.3) is 5.91 Å². The van der Waals surface area contributed by atoms with Crippen LogP contribution in [0.1, 0.15) is 16.8 Å². The number of ether oxygens (including phenoxy) is 1. The minimum atomic E-state index is -1.44. The summed E-state index contributed by atoms with van der Waals surface area (Å²) in [4.78, 5) is 23.3. The maximum atomic E-state index is 12.0. The molecule has 1 fully saturated rings. The second-order valence-corrected chi connectivity index (χ2v) is 4.74. The fourth-order valence-electron chi connectivity index (χ4n) is 1.87. The summed E-state index contributed by atoms with van der Waals surface area (Å²) in [5.41, 5.74) is -1.47. The standard InChI is InChI=1S/C12H12ClNO5/c13-7-1-2-8(9(15)5-7)10(16)14-12(11(17)18)3-4-19-6-12/h1-2,5,15H,3-4,6H2,(H,14,16)(H,17,18). The third-order valence-corrected chi connectivity index (χ3v) is 3.22. The predicted octanol–water partition coefficient (Wildman–Crippen LogP) is 1.02. The van der Waals surface area contributed by atoms with Crippen LogP contribution in [0.3, 0.4) is 0 Å². The number of phenols is 1. The molecule has 1 amide bonds. The molecule has 0 aliphatic carbocycles. The number of carbonyl (C=O) groups is 2. The van der Waals surface area contributed by atoms with Crippen molar-refractivity contribution in [1.82, 2.24) is 5.32 Å². The summed E-state index contributed by atoms with van der Waals surface area (Å²) in [7, 11) is 0. The lowest BCUT2D eigenvalue weighted by Gasteiger charge is -2.23. The Balaban J connectivity index is 2.22. The molecule has 102 valence electrons. The molecule has 2 rings (SSSR count). The maximum absolute atomic E-state index is 12.0. The van der Waals surface area contributed by atoms with Crippen LogP contribution in [0.5, 0.6) is 5.75 Å². The van der Waals surface area contributed by atoms with E-state index in [1.54, 1.807) is 0 Å². The third-order valence-electron chi connectivity index (χ3n) is 2.99. The molecule has 0 saturated carbocycles. The van der Waals surface area contributed by atoms with Gasteiger partial charge in [0.15, 0.2) is 5.54 Å². The summed E-state index contributed by atoms with van der Waals surface area (Å²) in [5.74, 6) is -2.14. The Morgan fingerprint density at radius 1 is 1.42 bits per heavy atom. The summed E-state index contributed by atoms with van der Waals surface area (Å²) in [6, 6.07) is 3.99. The van der Waals surface area contributed by atoms with Crippen LogP contribution in [0.2, 0.25) is 5.02 Å². The van der Waals surface area contributed by atoms with Gasteiger partial charge in [0.1, 0.15) is 5.75 Å². The number of rotatable bonds is 3. The Bertz CT molecular complexity index is 525. The van der Waals surface area contributed by atoms with Gasteiger partial charge in [-0.15, -0.1) is 0 Å². The van der Waals surface area contributed by atoms with Crippen molar-refractivity contribution < 1.29 is 24.5 Å². The molecule has 0 bridgehead atoms. The van der Waals surface area contributed by atoms with Crippen molar-refractivity contribution in [3.05, 3.63) is 28.8 Å². The number of aliphatic carboxylic acids is 1. The largest absolute Gasteiger partial charge is 0.507 e. The van der Waals surface area contributed by atoms with E-state index in [2.05, 4.69) is 5.32 Å². The average Bonchev–Trinajstić information content (AvgIpc) is 2.78. The maximum Gasteiger partial charge on any atom is 0.331 e. The monoisotopic (exact) mass is 285 g/mol. The molecule has 19 heavy (non-hydrogen) atoms. The van der Waals surface area contributed by atoms with Gasteiger partial charge in [-0.2, -0.15) is 0 Å². The summed E-state index contributed by atoms with van der Waals surface area (Å²) in [5, 5.41) is 21.5. The minimum Gasteiger partial charge on any atom is -0.507 e. The topological polar surface area (TPSA) is 95.9 Å². The first-order valence-corrected chi connectivity index (χ1v) is 5.94. The van der Waals surface area contributed by atoms with Crippen LogP contribution in [-0.4, -0.2) is 40.8 Å². The van der Waals surface area contributed by atoms with E-state index in [1.165, 1.54) is 18.2 Å². The molecule has 6 nitrogen and oxygen atoms in total. The van der Waals surface area contributed by atoms with Gasteiger partial charge in [-0.25, -0.2) is 4.79 Å². The molecule has 1 unspecified atom stereocenters. The van der Waals surface area contributed by atoms with E-state index in [-0.39, 0.29) is 36.0 Å². The molecule has 1 aliphatic heterocycles. The number of carboxylic acids is 1. The number of carboxylic acid groups (broad SMARTS) is 1.